The van der Waals surface area contributed by atoms with E-state index in [1.54, 1.807) is 11.8 Å². The number of carbonyl (C=O) groups is 1. The van der Waals surface area contributed by atoms with Crippen LogP contribution in [0.1, 0.15) is 30.9 Å². The fourth-order valence-corrected chi connectivity index (χ4v) is 3.15. The Balaban J connectivity index is 2.17. The van der Waals surface area contributed by atoms with E-state index in [4.69, 9.17) is 9.47 Å². The third-order valence-electron chi connectivity index (χ3n) is 3.32. The summed E-state index contributed by atoms with van der Waals surface area (Å²) < 4.78 is 10.2. The topological polar surface area (TPSA) is 35.5 Å². The Bertz CT molecular complexity index is 508. The third kappa shape index (κ3) is 3.87. The molecule has 1 aromatic carbocycles. The second-order valence-corrected chi connectivity index (χ2v) is 5.60. The molecule has 0 aliphatic heterocycles. The van der Waals surface area contributed by atoms with Crippen LogP contribution in [-0.4, -0.2) is 25.6 Å². The summed E-state index contributed by atoms with van der Waals surface area (Å²) in [6.45, 7) is 2.72. The van der Waals surface area contributed by atoms with Crippen molar-refractivity contribution in [3.63, 3.8) is 0 Å². The van der Waals surface area contributed by atoms with E-state index in [0.29, 0.717) is 12.4 Å². The monoisotopic (exact) mass is 292 g/mol. The van der Waals surface area contributed by atoms with Gasteiger partial charge in [-0.15, -0.1) is 0 Å². The van der Waals surface area contributed by atoms with Gasteiger partial charge in [0.25, 0.3) is 0 Å². The maximum atomic E-state index is 11.4. The largest absolute Gasteiger partial charge is 0.469 e. The van der Waals surface area contributed by atoms with Crippen molar-refractivity contribution in [2.45, 2.75) is 31.1 Å². The molecule has 0 unspecified atom stereocenters. The normalized spacial score (nSPS) is 13.6. The van der Waals surface area contributed by atoms with Crippen LogP contribution in [-0.2, 0) is 20.7 Å². The first-order valence-corrected chi connectivity index (χ1v) is 7.81. The predicted molar refractivity (Wildman–Crippen MR) is 81.7 cm³/mol. The number of rotatable bonds is 6. The molecule has 0 fully saturated rings. The molecule has 0 aromatic heterocycles. The Kier molecular flexibility index (Phi) is 5.68. The van der Waals surface area contributed by atoms with E-state index < -0.39 is 0 Å². The molecule has 20 heavy (non-hydrogen) atoms. The molecule has 0 bridgehead atoms. The van der Waals surface area contributed by atoms with E-state index in [-0.39, 0.29) is 5.97 Å². The zero-order valence-corrected chi connectivity index (χ0v) is 12.8. The lowest BCUT2D eigenvalue weighted by atomic mass is 9.91. The van der Waals surface area contributed by atoms with Crippen LogP contribution in [0, 0.1) is 0 Å². The van der Waals surface area contributed by atoms with Crippen molar-refractivity contribution in [3.8, 4) is 0 Å². The van der Waals surface area contributed by atoms with Crippen LogP contribution in [0.5, 0.6) is 0 Å². The number of fused-ring (bicyclic) bond motifs is 1. The first-order chi connectivity index (χ1) is 9.74. The SMILES string of the molecule is CCOCSc1cccc2c1C=C(CC(=O)OC)CC2. The van der Waals surface area contributed by atoms with Gasteiger partial charge in [0.2, 0.25) is 0 Å². The summed E-state index contributed by atoms with van der Waals surface area (Å²) in [5.41, 5.74) is 3.73. The Morgan fingerprint density at radius 1 is 1.35 bits per heavy atom. The maximum absolute atomic E-state index is 11.4. The average Bonchev–Trinajstić information content (AvgIpc) is 2.47. The lowest BCUT2D eigenvalue weighted by Gasteiger charge is -2.18. The lowest BCUT2D eigenvalue weighted by Crippen LogP contribution is -2.07. The number of ether oxygens (including phenoxy) is 2. The van der Waals surface area contributed by atoms with Gasteiger partial charge < -0.3 is 9.47 Å². The highest BCUT2D eigenvalue weighted by Crippen LogP contribution is 2.33. The number of hydrogen-bond donors (Lipinski definition) is 0. The minimum atomic E-state index is -0.167. The smallest absolute Gasteiger partial charge is 0.309 e. The van der Waals surface area contributed by atoms with Gasteiger partial charge in [0, 0.05) is 11.5 Å². The number of hydrogen-bond acceptors (Lipinski definition) is 4. The second-order valence-electron chi connectivity index (χ2n) is 4.64. The van der Waals surface area contributed by atoms with Gasteiger partial charge in [0.05, 0.1) is 19.5 Å². The Morgan fingerprint density at radius 3 is 2.95 bits per heavy atom. The van der Waals surface area contributed by atoms with Crippen LogP contribution >= 0.6 is 11.8 Å². The van der Waals surface area contributed by atoms with Crippen LogP contribution in [0.2, 0.25) is 0 Å². The van der Waals surface area contributed by atoms with Crippen molar-refractivity contribution < 1.29 is 14.3 Å². The van der Waals surface area contributed by atoms with Gasteiger partial charge in [-0.05, 0) is 37.0 Å². The summed E-state index contributed by atoms with van der Waals surface area (Å²) in [7, 11) is 1.43. The first kappa shape index (κ1) is 15.1. The summed E-state index contributed by atoms with van der Waals surface area (Å²) >= 11 is 1.70. The minimum absolute atomic E-state index is 0.167. The molecule has 0 amide bonds. The number of aryl methyl sites for hydroxylation is 1. The predicted octanol–water partition coefficient (Wildman–Crippen LogP) is 3.67. The van der Waals surface area contributed by atoms with E-state index in [1.165, 1.54) is 23.1 Å². The van der Waals surface area contributed by atoms with Gasteiger partial charge in [-0.1, -0.05) is 35.5 Å². The molecule has 0 N–H and O–H groups in total. The van der Waals surface area contributed by atoms with Crippen molar-refractivity contribution in [2.75, 3.05) is 19.7 Å². The molecule has 0 heterocycles. The lowest BCUT2D eigenvalue weighted by molar-refractivity contribution is -0.139. The Hall–Kier alpha value is -1.26. The fraction of sp³-hybridized carbons (Fsp3) is 0.438. The molecule has 108 valence electrons. The van der Waals surface area contributed by atoms with Gasteiger partial charge in [-0.3, -0.25) is 4.79 Å². The van der Waals surface area contributed by atoms with Crippen molar-refractivity contribution >= 4 is 23.8 Å². The van der Waals surface area contributed by atoms with E-state index in [9.17, 15) is 4.79 Å². The highest BCUT2D eigenvalue weighted by atomic mass is 32.2. The highest BCUT2D eigenvalue weighted by molar-refractivity contribution is 7.99. The van der Waals surface area contributed by atoms with Crippen LogP contribution < -0.4 is 0 Å². The molecule has 2 rings (SSSR count). The molecule has 4 heteroatoms. The van der Waals surface area contributed by atoms with Gasteiger partial charge in [-0.2, -0.15) is 0 Å². The van der Waals surface area contributed by atoms with Crippen LogP contribution in [0.3, 0.4) is 0 Å². The van der Waals surface area contributed by atoms with Gasteiger partial charge in [0.15, 0.2) is 0 Å². The zero-order chi connectivity index (χ0) is 14.4. The first-order valence-electron chi connectivity index (χ1n) is 6.83. The quantitative estimate of drug-likeness (QED) is 0.347. The zero-order valence-electron chi connectivity index (χ0n) is 12.0. The van der Waals surface area contributed by atoms with E-state index >= 15 is 0 Å². The molecule has 1 aromatic rings. The van der Waals surface area contributed by atoms with Crippen molar-refractivity contribution in [1.29, 1.82) is 0 Å². The van der Waals surface area contributed by atoms with E-state index in [1.807, 2.05) is 6.92 Å². The second kappa shape index (κ2) is 7.50. The van der Waals surface area contributed by atoms with Crippen molar-refractivity contribution in [2.24, 2.45) is 0 Å². The summed E-state index contributed by atoms with van der Waals surface area (Å²) in [6.07, 6.45) is 4.45. The summed E-state index contributed by atoms with van der Waals surface area (Å²) in [4.78, 5) is 12.6. The molecular weight excluding hydrogens is 272 g/mol. The molecule has 1 aliphatic rings. The number of benzene rings is 1. The summed E-state index contributed by atoms with van der Waals surface area (Å²) in [6, 6.07) is 6.36. The Labute approximate surface area is 124 Å². The highest BCUT2D eigenvalue weighted by Gasteiger charge is 2.16. The van der Waals surface area contributed by atoms with Crippen LogP contribution in [0.15, 0.2) is 28.7 Å². The molecule has 0 saturated heterocycles. The molecule has 0 radical (unpaired) electrons. The Morgan fingerprint density at radius 2 is 2.20 bits per heavy atom. The summed E-state index contributed by atoms with van der Waals surface area (Å²) in [5, 5.41) is 0. The van der Waals surface area contributed by atoms with E-state index in [2.05, 4.69) is 24.3 Å². The van der Waals surface area contributed by atoms with Gasteiger partial charge in [0.1, 0.15) is 0 Å². The molecule has 0 atom stereocenters. The molecular formula is C16H20O3S. The van der Waals surface area contributed by atoms with Crippen LogP contribution in [0.4, 0.5) is 0 Å². The number of methoxy groups -OCH3 is 1. The van der Waals surface area contributed by atoms with Gasteiger partial charge in [-0.25, -0.2) is 0 Å². The van der Waals surface area contributed by atoms with Crippen molar-refractivity contribution in [1.82, 2.24) is 0 Å². The number of esters is 1. The molecule has 0 saturated carbocycles. The molecule has 0 spiro atoms. The third-order valence-corrected chi connectivity index (χ3v) is 4.27. The average molecular weight is 292 g/mol. The molecule has 1 aliphatic carbocycles. The fourth-order valence-electron chi connectivity index (χ4n) is 2.25. The van der Waals surface area contributed by atoms with Gasteiger partial charge >= 0.3 is 5.97 Å². The number of carbonyl (C=O) groups excluding carboxylic acids is 1. The summed E-state index contributed by atoms with van der Waals surface area (Å²) in [5.74, 6) is 0.492. The van der Waals surface area contributed by atoms with Crippen LogP contribution in [0.25, 0.3) is 6.08 Å². The maximum Gasteiger partial charge on any atom is 0.309 e. The number of thioether (sulfide) groups is 1. The van der Waals surface area contributed by atoms with Crippen molar-refractivity contribution in [3.05, 3.63) is 34.9 Å². The molecule has 3 nitrogen and oxygen atoms in total. The standard InChI is InChI=1S/C16H20O3S/c1-3-19-11-20-15-6-4-5-13-8-7-12(9-14(13)15)10-16(17)18-2/h4-6,9H,3,7-8,10-11H2,1-2H3. The minimum Gasteiger partial charge on any atom is -0.469 e. The van der Waals surface area contributed by atoms with E-state index in [0.717, 1.165) is 25.0 Å².